The lowest BCUT2D eigenvalue weighted by Crippen LogP contribution is -2.31. The van der Waals surface area contributed by atoms with Crippen LogP contribution in [0.3, 0.4) is 0 Å². The number of alkyl halides is 3. The second-order valence-corrected chi connectivity index (χ2v) is 6.37. The van der Waals surface area contributed by atoms with E-state index in [0.29, 0.717) is 9.18 Å². The van der Waals surface area contributed by atoms with Crippen LogP contribution in [0.2, 0.25) is 0 Å². The zero-order valence-corrected chi connectivity index (χ0v) is 10.7. The van der Waals surface area contributed by atoms with Gasteiger partial charge in [-0.1, -0.05) is 0 Å². The fourth-order valence-electron chi connectivity index (χ4n) is 1.04. The van der Waals surface area contributed by atoms with Crippen molar-refractivity contribution in [3.05, 3.63) is 16.3 Å². The van der Waals surface area contributed by atoms with Crippen LogP contribution in [0.25, 0.3) is 0 Å². The van der Waals surface area contributed by atoms with E-state index in [4.69, 9.17) is 11.6 Å². The largest absolute Gasteiger partial charge is 0.252 e. The van der Waals surface area contributed by atoms with Crippen LogP contribution in [-0.2, 0) is 15.9 Å². The Bertz CT molecular complexity index is 447. The summed E-state index contributed by atoms with van der Waals surface area (Å²) in [5.74, 6) is 0.207. The molecule has 0 spiro atoms. The standard InChI is InChI=1S/C8H10ClF2NO2S2/c1-12(4-8(10)11)16(13,14)7-2-6(3-9)15-5-7/h2,5,8H,3-4H2,1H3. The molecule has 1 rings (SSSR count). The molecule has 0 bridgehead atoms. The molecule has 0 saturated carbocycles. The van der Waals surface area contributed by atoms with Crippen molar-refractivity contribution in [2.45, 2.75) is 17.2 Å². The zero-order chi connectivity index (χ0) is 12.3. The molecular formula is C8H10ClF2NO2S2. The van der Waals surface area contributed by atoms with Gasteiger partial charge in [-0.3, -0.25) is 0 Å². The van der Waals surface area contributed by atoms with Gasteiger partial charge >= 0.3 is 0 Å². The van der Waals surface area contributed by atoms with Gasteiger partial charge in [-0.2, -0.15) is 4.31 Å². The summed E-state index contributed by atoms with van der Waals surface area (Å²) in [4.78, 5) is 0.696. The maximum Gasteiger partial charge on any atom is 0.252 e. The second-order valence-electron chi connectivity index (χ2n) is 3.06. The third kappa shape index (κ3) is 3.13. The summed E-state index contributed by atoms with van der Waals surface area (Å²) < 4.78 is 48.3. The van der Waals surface area contributed by atoms with Gasteiger partial charge < -0.3 is 0 Å². The molecule has 16 heavy (non-hydrogen) atoms. The minimum absolute atomic E-state index is 0.0105. The summed E-state index contributed by atoms with van der Waals surface area (Å²) in [6.07, 6.45) is -2.69. The number of hydrogen-bond acceptors (Lipinski definition) is 3. The third-order valence-corrected chi connectivity index (χ3v) is 5.20. The minimum Gasteiger partial charge on any atom is -0.209 e. The quantitative estimate of drug-likeness (QED) is 0.781. The van der Waals surface area contributed by atoms with E-state index in [1.165, 1.54) is 22.8 Å². The first-order chi connectivity index (χ1) is 7.37. The highest BCUT2D eigenvalue weighted by molar-refractivity contribution is 7.89. The van der Waals surface area contributed by atoms with Gasteiger partial charge in [-0.25, -0.2) is 17.2 Å². The molecule has 8 heteroatoms. The predicted octanol–water partition coefficient (Wildman–Crippen LogP) is 2.37. The number of halogens is 3. The summed E-state index contributed by atoms with van der Waals surface area (Å²) >= 11 is 6.72. The fourth-order valence-corrected chi connectivity index (χ4v) is 3.56. The Morgan fingerprint density at radius 3 is 2.62 bits per heavy atom. The Morgan fingerprint density at radius 1 is 1.56 bits per heavy atom. The molecule has 0 N–H and O–H groups in total. The molecule has 1 heterocycles. The Morgan fingerprint density at radius 2 is 2.19 bits per heavy atom. The molecule has 1 aromatic rings. The number of nitrogens with zero attached hydrogens (tertiary/aromatic N) is 1. The van der Waals surface area contributed by atoms with Crippen molar-refractivity contribution in [1.29, 1.82) is 0 Å². The lowest BCUT2D eigenvalue weighted by Gasteiger charge is -2.15. The van der Waals surface area contributed by atoms with Crippen molar-refractivity contribution >= 4 is 33.0 Å². The molecule has 0 radical (unpaired) electrons. The van der Waals surface area contributed by atoms with Crippen LogP contribution >= 0.6 is 22.9 Å². The Balaban J connectivity index is 2.92. The van der Waals surface area contributed by atoms with Gasteiger partial charge in [0.1, 0.15) is 0 Å². The Kier molecular flexibility index (Phi) is 4.66. The third-order valence-electron chi connectivity index (χ3n) is 1.86. The minimum atomic E-state index is -3.82. The molecule has 0 aromatic carbocycles. The summed E-state index contributed by atoms with van der Waals surface area (Å²) in [5.41, 5.74) is 0. The summed E-state index contributed by atoms with van der Waals surface area (Å²) in [5, 5.41) is 1.40. The smallest absolute Gasteiger partial charge is 0.209 e. The number of thiophene rings is 1. The zero-order valence-electron chi connectivity index (χ0n) is 8.36. The van der Waals surface area contributed by atoms with E-state index in [1.807, 2.05) is 0 Å². The molecule has 0 fully saturated rings. The maximum atomic E-state index is 12.1. The Labute approximate surface area is 102 Å². The van der Waals surface area contributed by atoms with Crippen molar-refractivity contribution in [1.82, 2.24) is 4.31 Å². The van der Waals surface area contributed by atoms with Crippen molar-refractivity contribution in [2.75, 3.05) is 13.6 Å². The van der Waals surface area contributed by atoms with Gasteiger partial charge in [-0.15, -0.1) is 22.9 Å². The van der Waals surface area contributed by atoms with Crippen LogP contribution < -0.4 is 0 Å². The topological polar surface area (TPSA) is 37.4 Å². The average Bonchev–Trinajstić information content (AvgIpc) is 2.65. The molecule has 0 atom stereocenters. The van der Waals surface area contributed by atoms with Gasteiger partial charge in [0.15, 0.2) is 0 Å². The first-order valence-corrected chi connectivity index (χ1v) is 7.11. The first-order valence-electron chi connectivity index (χ1n) is 4.25. The number of sulfonamides is 1. The van der Waals surface area contributed by atoms with E-state index in [-0.39, 0.29) is 10.8 Å². The van der Waals surface area contributed by atoms with E-state index < -0.39 is 23.0 Å². The number of hydrogen-bond donors (Lipinski definition) is 0. The summed E-state index contributed by atoms with van der Waals surface area (Å²) in [7, 11) is -2.69. The molecule has 0 aliphatic heterocycles. The van der Waals surface area contributed by atoms with Crippen LogP contribution in [0.5, 0.6) is 0 Å². The van der Waals surface area contributed by atoms with Crippen molar-refractivity contribution in [3.63, 3.8) is 0 Å². The van der Waals surface area contributed by atoms with Gasteiger partial charge in [0, 0.05) is 17.3 Å². The molecule has 1 aromatic heterocycles. The Hall–Kier alpha value is -0.240. The van der Waals surface area contributed by atoms with E-state index in [0.717, 1.165) is 7.05 Å². The molecule has 3 nitrogen and oxygen atoms in total. The molecule has 0 aliphatic rings. The molecular weight excluding hydrogens is 280 g/mol. The SMILES string of the molecule is CN(CC(F)F)S(=O)(=O)c1csc(CCl)c1. The van der Waals surface area contributed by atoms with Crippen molar-refractivity contribution in [3.8, 4) is 0 Å². The van der Waals surface area contributed by atoms with Gasteiger partial charge in [0.05, 0.1) is 17.3 Å². The van der Waals surface area contributed by atoms with E-state index >= 15 is 0 Å². The van der Waals surface area contributed by atoms with Crippen molar-refractivity contribution in [2.24, 2.45) is 0 Å². The predicted molar refractivity (Wildman–Crippen MR) is 59.7 cm³/mol. The lowest BCUT2D eigenvalue weighted by atomic mass is 10.5. The van der Waals surface area contributed by atoms with Crippen molar-refractivity contribution < 1.29 is 17.2 Å². The number of rotatable bonds is 5. The van der Waals surface area contributed by atoms with Crippen LogP contribution in [0, 0.1) is 0 Å². The molecule has 92 valence electrons. The van der Waals surface area contributed by atoms with Crippen LogP contribution in [0.4, 0.5) is 8.78 Å². The normalized spacial score (nSPS) is 12.6. The van der Waals surface area contributed by atoms with Crippen LogP contribution in [0.15, 0.2) is 16.3 Å². The summed E-state index contributed by atoms with van der Waals surface area (Å²) in [6.45, 7) is -0.811. The maximum absolute atomic E-state index is 12.1. The van der Waals surface area contributed by atoms with Crippen LogP contribution in [0.1, 0.15) is 4.88 Å². The average molecular weight is 290 g/mol. The highest BCUT2D eigenvalue weighted by Gasteiger charge is 2.24. The van der Waals surface area contributed by atoms with E-state index in [2.05, 4.69) is 0 Å². The van der Waals surface area contributed by atoms with E-state index in [9.17, 15) is 17.2 Å². The molecule has 0 amide bonds. The summed E-state index contributed by atoms with van der Waals surface area (Å²) in [6, 6.07) is 1.40. The monoisotopic (exact) mass is 289 g/mol. The molecule has 0 saturated heterocycles. The highest BCUT2D eigenvalue weighted by atomic mass is 35.5. The van der Waals surface area contributed by atoms with Gasteiger partial charge in [0.25, 0.3) is 6.43 Å². The lowest BCUT2D eigenvalue weighted by molar-refractivity contribution is 0.126. The molecule has 0 unspecified atom stereocenters. The highest BCUT2D eigenvalue weighted by Crippen LogP contribution is 2.23. The van der Waals surface area contributed by atoms with Crippen LogP contribution in [-0.4, -0.2) is 32.7 Å². The second kappa shape index (κ2) is 5.39. The fraction of sp³-hybridized carbons (Fsp3) is 0.500. The van der Waals surface area contributed by atoms with Gasteiger partial charge in [0.2, 0.25) is 10.0 Å². The molecule has 0 aliphatic carbocycles. The van der Waals surface area contributed by atoms with E-state index in [1.54, 1.807) is 0 Å². The van der Waals surface area contributed by atoms with Gasteiger partial charge in [-0.05, 0) is 6.07 Å². The first kappa shape index (κ1) is 13.8.